The highest BCUT2D eigenvalue weighted by atomic mass is 19.1. The van der Waals surface area contributed by atoms with Gasteiger partial charge >= 0.3 is 0 Å². The van der Waals surface area contributed by atoms with Gasteiger partial charge in [0, 0.05) is 6.54 Å². The largest absolute Gasteiger partial charge is 0.484 e. The SMILES string of the molecule is CCCNC(=O)CNC(=O)COc1ccc(F)cc1. The molecule has 0 radical (unpaired) electrons. The number of ether oxygens (including phenoxy) is 1. The van der Waals surface area contributed by atoms with Crippen LogP contribution < -0.4 is 15.4 Å². The molecule has 0 aliphatic heterocycles. The lowest BCUT2D eigenvalue weighted by atomic mass is 10.3. The van der Waals surface area contributed by atoms with Gasteiger partial charge < -0.3 is 15.4 Å². The first-order valence-corrected chi connectivity index (χ1v) is 6.03. The average molecular weight is 268 g/mol. The molecule has 1 aromatic rings. The van der Waals surface area contributed by atoms with Crippen LogP contribution in [0.1, 0.15) is 13.3 Å². The fourth-order valence-corrected chi connectivity index (χ4v) is 1.24. The molecule has 0 unspecified atom stereocenters. The van der Waals surface area contributed by atoms with Crippen LogP contribution in [0.2, 0.25) is 0 Å². The molecule has 5 nitrogen and oxygen atoms in total. The summed E-state index contributed by atoms with van der Waals surface area (Å²) in [5.41, 5.74) is 0. The molecular formula is C13H17FN2O3. The fourth-order valence-electron chi connectivity index (χ4n) is 1.24. The number of halogens is 1. The summed E-state index contributed by atoms with van der Waals surface area (Å²) in [6, 6.07) is 5.34. The predicted octanol–water partition coefficient (Wildman–Crippen LogP) is 0.847. The fraction of sp³-hybridized carbons (Fsp3) is 0.385. The van der Waals surface area contributed by atoms with Crippen molar-refractivity contribution in [3.05, 3.63) is 30.1 Å². The summed E-state index contributed by atoms with van der Waals surface area (Å²) in [5, 5.41) is 5.05. The molecule has 19 heavy (non-hydrogen) atoms. The Hall–Kier alpha value is -2.11. The number of hydrogen-bond acceptors (Lipinski definition) is 3. The van der Waals surface area contributed by atoms with Crippen molar-refractivity contribution >= 4 is 11.8 Å². The first-order valence-electron chi connectivity index (χ1n) is 6.03. The number of amides is 2. The van der Waals surface area contributed by atoms with Gasteiger partial charge in [-0.1, -0.05) is 6.92 Å². The third-order valence-corrected chi connectivity index (χ3v) is 2.20. The van der Waals surface area contributed by atoms with Crippen molar-refractivity contribution in [2.75, 3.05) is 19.7 Å². The Kier molecular flexibility index (Phi) is 6.35. The van der Waals surface area contributed by atoms with Crippen LogP contribution in [-0.2, 0) is 9.59 Å². The van der Waals surface area contributed by atoms with Gasteiger partial charge in [0.25, 0.3) is 5.91 Å². The van der Waals surface area contributed by atoms with Crippen LogP contribution in [0.3, 0.4) is 0 Å². The van der Waals surface area contributed by atoms with Crippen LogP contribution in [0.5, 0.6) is 5.75 Å². The Morgan fingerprint density at radius 3 is 2.47 bits per heavy atom. The van der Waals surface area contributed by atoms with Crippen LogP contribution in [0.4, 0.5) is 4.39 Å². The molecule has 0 fully saturated rings. The van der Waals surface area contributed by atoms with Gasteiger partial charge in [-0.2, -0.15) is 0 Å². The average Bonchev–Trinajstić information content (AvgIpc) is 2.42. The number of carbonyl (C=O) groups is 2. The quantitative estimate of drug-likeness (QED) is 0.770. The molecule has 0 saturated heterocycles. The van der Waals surface area contributed by atoms with E-state index in [9.17, 15) is 14.0 Å². The van der Waals surface area contributed by atoms with Crippen LogP contribution in [0, 0.1) is 5.82 Å². The number of nitrogens with one attached hydrogen (secondary N) is 2. The molecule has 0 aromatic heterocycles. The van der Waals surface area contributed by atoms with Crippen LogP contribution >= 0.6 is 0 Å². The predicted molar refractivity (Wildman–Crippen MR) is 68.2 cm³/mol. The topological polar surface area (TPSA) is 67.4 Å². The number of benzene rings is 1. The molecule has 104 valence electrons. The molecule has 2 N–H and O–H groups in total. The zero-order valence-electron chi connectivity index (χ0n) is 10.7. The maximum absolute atomic E-state index is 12.6. The molecule has 0 aliphatic carbocycles. The van der Waals surface area contributed by atoms with E-state index in [1.165, 1.54) is 24.3 Å². The lowest BCUT2D eigenvalue weighted by Crippen LogP contribution is -2.39. The maximum atomic E-state index is 12.6. The van der Waals surface area contributed by atoms with E-state index >= 15 is 0 Å². The molecule has 1 aromatic carbocycles. The van der Waals surface area contributed by atoms with Crippen molar-refractivity contribution < 1.29 is 18.7 Å². The highest BCUT2D eigenvalue weighted by molar-refractivity contribution is 5.85. The number of carbonyl (C=O) groups excluding carboxylic acids is 2. The lowest BCUT2D eigenvalue weighted by Gasteiger charge is -2.07. The van der Waals surface area contributed by atoms with Crippen molar-refractivity contribution in [2.24, 2.45) is 0 Å². The van der Waals surface area contributed by atoms with E-state index in [-0.39, 0.29) is 24.9 Å². The van der Waals surface area contributed by atoms with E-state index < -0.39 is 5.91 Å². The third-order valence-electron chi connectivity index (χ3n) is 2.20. The highest BCUT2D eigenvalue weighted by Gasteiger charge is 2.05. The maximum Gasteiger partial charge on any atom is 0.258 e. The second-order valence-corrected chi connectivity index (χ2v) is 3.87. The van der Waals surface area contributed by atoms with Gasteiger partial charge in [0.05, 0.1) is 6.54 Å². The van der Waals surface area contributed by atoms with Crippen LogP contribution in [-0.4, -0.2) is 31.5 Å². The smallest absolute Gasteiger partial charge is 0.258 e. The summed E-state index contributed by atoms with van der Waals surface area (Å²) in [7, 11) is 0. The summed E-state index contributed by atoms with van der Waals surface area (Å²) in [6.45, 7) is 2.23. The van der Waals surface area contributed by atoms with Crippen molar-refractivity contribution in [3.63, 3.8) is 0 Å². The molecule has 0 spiro atoms. The minimum Gasteiger partial charge on any atom is -0.484 e. The third kappa shape index (κ3) is 6.40. The van der Waals surface area contributed by atoms with E-state index in [0.717, 1.165) is 6.42 Å². The van der Waals surface area contributed by atoms with E-state index in [1.807, 2.05) is 6.92 Å². The van der Waals surface area contributed by atoms with E-state index in [2.05, 4.69) is 10.6 Å². The van der Waals surface area contributed by atoms with Gasteiger partial charge in [-0.3, -0.25) is 9.59 Å². The molecule has 2 amide bonds. The molecule has 0 bridgehead atoms. The zero-order chi connectivity index (χ0) is 14.1. The lowest BCUT2D eigenvalue weighted by molar-refractivity contribution is -0.127. The first kappa shape index (κ1) is 14.9. The monoisotopic (exact) mass is 268 g/mol. The van der Waals surface area contributed by atoms with Crippen LogP contribution in [0.15, 0.2) is 24.3 Å². The van der Waals surface area contributed by atoms with E-state index in [0.29, 0.717) is 12.3 Å². The summed E-state index contributed by atoms with van der Waals surface area (Å²) < 4.78 is 17.7. The Balaban J connectivity index is 2.21. The molecule has 0 atom stereocenters. The Labute approximate surface area is 111 Å². The highest BCUT2D eigenvalue weighted by Crippen LogP contribution is 2.10. The second-order valence-electron chi connectivity index (χ2n) is 3.87. The van der Waals surface area contributed by atoms with Gasteiger partial charge in [0.2, 0.25) is 5.91 Å². The van der Waals surface area contributed by atoms with Gasteiger partial charge in [-0.25, -0.2) is 4.39 Å². The summed E-state index contributed by atoms with van der Waals surface area (Å²) in [6.07, 6.45) is 0.841. The number of hydrogen-bond donors (Lipinski definition) is 2. The van der Waals surface area contributed by atoms with Gasteiger partial charge in [0.15, 0.2) is 6.61 Å². The van der Waals surface area contributed by atoms with Gasteiger partial charge in [0.1, 0.15) is 11.6 Å². The van der Waals surface area contributed by atoms with Gasteiger partial charge in [-0.15, -0.1) is 0 Å². The molecule has 6 heteroatoms. The molecule has 0 aliphatic rings. The van der Waals surface area contributed by atoms with E-state index in [1.54, 1.807) is 0 Å². The Morgan fingerprint density at radius 2 is 1.84 bits per heavy atom. The van der Waals surface area contributed by atoms with Crippen LogP contribution in [0.25, 0.3) is 0 Å². The van der Waals surface area contributed by atoms with Crippen molar-refractivity contribution in [1.82, 2.24) is 10.6 Å². The van der Waals surface area contributed by atoms with Crippen molar-refractivity contribution in [1.29, 1.82) is 0 Å². The van der Waals surface area contributed by atoms with Crippen molar-refractivity contribution in [2.45, 2.75) is 13.3 Å². The summed E-state index contributed by atoms with van der Waals surface area (Å²) >= 11 is 0. The molecular weight excluding hydrogens is 251 g/mol. The minimum atomic E-state index is -0.407. The number of rotatable bonds is 7. The Morgan fingerprint density at radius 1 is 1.16 bits per heavy atom. The zero-order valence-corrected chi connectivity index (χ0v) is 10.7. The molecule has 0 saturated carbocycles. The standard InChI is InChI=1S/C13H17FN2O3/c1-2-7-15-12(17)8-16-13(18)9-19-11-5-3-10(14)4-6-11/h3-6H,2,7-9H2,1H3,(H,15,17)(H,16,18). The summed E-state index contributed by atoms with van der Waals surface area (Å²) in [4.78, 5) is 22.6. The second kappa shape index (κ2) is 8.07. The normalized spacial score (nSPS) is 9.79. The van der Waals surface area contributed by atoms with Crippen molar-refractivity contribution in [3.8, 4) is 5.75 Å². The molecule has 1 rings (SSSR count). The van der Waals surface area contributed by atoms with E-state index in [4.69, 9.17) is 4.74 Å². The minimum absolute atomic E-state index is 0.0778. The van der Waals surface area contributed by atoms with Gasteiger partial charge in [-0.05, 0) is 30.7 Å². The molecule has 0 heterocycles. The Bertz CT molecular complexity index is 420. The first-order chi connectivity index (χ1) is 9.11. The summed E-state index contributed by atoms with van der Waals surface area (Å²) in [5.74, 6) is -0.621.